The Balaban J connectivity index is 2.38. The highest BCUT2D eigenvalue weighted by Crippen LogP contribution is 2.33. The van der Waals surface area contributed by atoms with Gasteiger partial charge in [-0.3, -0.25) is 4.79 Å². The predicted octanol–water partition coefficient (Wildman–Crippen LogP) is 2.62. The largest absolute Gasteiger partial charge is 0.491 e. The van der Waals surface area contributed by atoms with Crippen LogP contribution in [0.5, 0.6) is 5.75 Å². The first-order valence-electron chi connectivity index (χ1n) is 6.96. The van der Waals surface area contributed by atoms with Crippen LogP contribution in [-0.2, 0) is 4.79 Å². The Bertz CT molecular complexity index is 457. The summed E-state index contributed by atoms with van der Waals surface area (Å²) in [6.07, 6.45) is 2.49. The Morgan fingerprint density at radius 1 is 1.47 bits per heavy atom. The minimum atomic E-state index is -0.0447. The Hall–Kier alpha value is -1.55. The maximum absolute atomic E-state index is 12.2. The molecule has 1 unspecified atom stereocenters. The first-order valence-corrected chi connectivity index (χ1v) is 6.96. The molecule has 0 bridgehead atoms. The molecule has 2 rings (SSSR count). The number of hydrogen-bond donors (Lipinski definition) is 1. The molecule has 0 aromatic heterocycles. The van der Waals surface area contributed by atoms with Gasteiger partial charge in [-0.2, -0.15) is 0 Å². The number of rotatable bonds is 4. The number of benzene rings is 1. The van der Waals surface area contributed by atoms with Gasteiger partial charge in [-0.05, 0) is 31.0 Å². The molecular formula is C15H22N2O2. The van der Waals surface area contributed by atoms with Crippen LogP contribution in [-0.4, -0.2) is 19.1 Å². The first kappa shape index (κ1) is 13.9. The van der Waals surface area contributed by atoms with Gasteiger partial charge >= 0.3 is 0 Å². The lowest BCUT2D eigenvalue weighted by atomic mass is 10.1. The van der Waals surface area contributed by atoms with Crippen LogP contribution in [0.1, 0.15) is 44.7 Å². The Morgan fingerprint density at radius 3 is 2.95 bits per heavy atom. The van der Waals surface area contributed by atoms with Gasteiger partial charge in [0.2, 0.25) is 5.91 Å². The van der Waals surface area contributed by atoms with E-state index >= 15 is 0 Å². The molecule has 0 saturated carbocycles. The maximum atomic E-state index is 12.2. The van der Waals surface area contributed by atoms with E-state index in [1.807, 2.05) is 30.0 Å². The molecule has 1 atom stereocenters. The molecule has 1 heterocycles. The fraction of sp³-hybridized carbons (Fsp3) is 0.533. The third-order valence-corrected chi connectivity index (χ3v) is 3.41. The molecule has 0 radical (unpaired) electrons. The molecule has 1 aliphatic heterocycles. The van der Waals surface area contributed by atoms with Gasteiger partial charge in [0.1, 0.15) is 5.75 Å². The number of ether oxygens (including phenoxy) is 1. The molecule has 0 saturated heterocycles. The standard InChI is InChI=1S/C15H22N2O2/c1-3-4-8-17-13-10-12(11(2)16)5-6-14(13)19-9-7-15(17)18/h5-6,10-11H,3-4,7-9,16H2,1-2H3. The number of carbonyl (C=O) groups excluding carboxylic acids is 1. The summed E-state index contributed by atoms with van der Waals surface area (Å²) < 4.78 is 5.66. The molecular weight excluding hydrogens is 240 g/mol. The van der Waals surface area contributed by atoms with Gasteiger partial charge in [-0.15, -0.1) is 0 Å². The summed E-state index contributed by atoms with van der Waals surface area (Å²) in [7, 11) is 0. The molecule has 0 spiro atoms. The van der Waals surface area contributed by atoms with Crippen molar-refractivity contribution in [1.29, 1.82) is 0 Å². The summed E-state index contributed by atoms with van der Waals surface area (Å²) in [4.78, 5) is 14.0. The van der Waals surface area contributed by atoms with E-state index in [1.54, 1.807) is 0 Å². The number of anilines is 1. The SMILES string of the molecule is CCCCN1C(=O)CCOc2ccc(C(C)N)cc21. The Labute approximate surface area is 114 Å². The van der Waals surface area contributed by atoms with E-state index in [0.29, 0.717) is 13.0 Å². The van der Waals surface area contributed by atoms with Crippen molar-refractivity contribution in [2.75, 3.05) is 18.1 Å². The molecule has 2 N–H and O–H groups in total. The van der Waals surface area contributed by atoms with E-state index in [4.69, 9.17) is 10.5 Å². The third kappa shape index (κ3) is 3.07. The van der Waals surface area contributed by atoms with Crippen LogP contribution < -0.4 is 15.4 Å². The quantitative estimate of drug-likeness (QED) is 0.907. The Kier molecular flexibility index (Phi) is 4.43. The minimum Gasteiger partial charge on any atom is -0.491 e. The second kappa shape index (κ2) is 6.06. The van der Waals surface area contributed by atoms with Crippen LogP contribution >= 0.6 is 0 Å². The lowest BCUT2D eigenvalue weighted by Gasteiger charge is -2.23. The second-order valence-corrected chi connectivity index (χ2v) is 5.01. The maximum Gasteiger partial charge on any atom is 0.230 e. The van der Waals surface area contributed by atoms with Gasteiger partial charge in [-0.1, -0.05) is 19.4 Å². The highest BCUT2D eigenvalue weighted by atomic mass is 16.5. The second-order valence-electron chi connectivity index (χ2n) is 5.01. The molecule has 4 nitrogen and oxygen atoms in total. The van der Waals surface area contributed by atoms with Crippen molar-refractivity contribution < 1.29 is 9.53 Å². The normalized spacial score (nSPS) is 16.6. The van der Waals surface area contributed by atoms with Gasteiger partial charge in [0, 0.05) is 12.6 Å². The van der Waals surface area contributed by atoms with E-state index < -0.39 is 0 Å². The number of nitrogens with zero attached hydrogens (tertiary/aromatic N) is 1. The van der Waals surface area contributed by atoms with Crippen molar-refractivity contribution in [3.8, 4) is 5.75 Å². The number of carbonyl (C=O) groups is 1. The molecule has 4 heteroatoms. The fourth-order valence-electron chi connectivity index (χ4n) is 2.23. The Morgan fingerprint density at radius 2 is 2.26 bits per heavy atom. The smallest absolute Gasteiger partial charge is 0.230 e. The molecule has 0 fully saturated rings. The van der Waals surface area contributed by atoms with Crippen molar-refractivity contribution in [1.82, 2.24) is 0 Å². The van der Waals surface area contributed by atoms with Crippen LogP contribution in [0, 0.1) is 0 Å². The lowest BCUT2D eigenvalue weighted by molar-refractivity contribution is -0.118. The van der Waals surface area contributed by atoms with E-state index in [-0.39, 0.29) is 11.9 Å². The van der Waals surface area contributed by atoms with Gasteiger partial charge in [0.05, 0.1) is 18.7 Å². The average molecular weight is 262 g/mol. The van der Waals surface area contributed by atoms with Crippen molar-refractivity contribution in [3.63, 3.8) is 0 Å². The van der Waals surface area contributed by atoms with Crippen LogP contribution in [0.15, 0.2) is 18.2 Å². The zero-order valence-electron chi connectivity index (χ0n) is 11.7. The number of amides is 1. The molecule has 1 aromatic carbocycles. The summed E-state index contributed by atoms with van der Waals surface area (Å²) in [5.74, 6) is 0.917. The van der Waals surface area contributed by atoms with Crippen LogP contribution in [0.3, 0.4) is 0 Å². The summed E-state index contributed by atoms with van der Waals surface area (Å²) in [6.45, 7) is 5.26. The van der Waals surface area contributed by atoms with E-state index in [9.17, 15) is 4.79 Å². The van der Waals surface area contributed by atoms with Crippen molar-refractivity contribution in [3.05, 3.63) is 23.8 Å². The zero-order chi connectivity index (χ0) is 13.8. The van der Waals surface area contributed by atoms with Crippen molar-refractivity contribution >= 4 is 11.6 Å². The monoisotopic (exact) mass is 262 g/mol. The van der Waals surface area contributed by atoms with Crippen molar-refractivity contribution in [2.24, 2.45) is 5.73 Å². The van der Waals surface area contributed by atoms with E-state index in [1.165, 1.54) is 0 Å². The minimum absolute atomic E-state index is 0.0447. The fourth-order valence-corrected chi connectivity index (χ4v) is 2.23. The first-order chi connectivity index (χ1) is 9.13. The summed E-state index contributed by atoms with van der Waals surface area (Å²) >= 11 is 0. The number of nitrogens with two attached hydrogens (primary N) is 1. The van der Waals surface area contributed by atoms with Gasteiger partial charge < -0.3 is 15.4 Å². The van der Waals surface area contributed by atoms with Crippen LogP contribution in [0.25, 0.3) is 0 Å². The molecule has 0 aliphatic carbocycles. The molecule has 1 aromatic rings. The van der Waals surface area contributed by atoms with Crippen molar-refractivity contribution in [2.45, 2.75) is 39.2 Å². The lowest BCUT2D eigenvalue weighted by Crippen LogP contribution is -2.31. The molecule has 19 heavy (non-hydrogen) atoms. The van der Waals surface area contributed by atoms with Crippen LogP contribution in [0.2, 0.25) is 0 Å². The number of hydrogen-bond acceptors (Lipinski definition) is 3. The average Bonchev–Trinajstić information content (AvgIpc) is 2.54. The number of fused-ring (bicyclic) bond motifs is 1. The summed E-state index contributed by atoms with van der Waals surface area (Å²) in [5, 5.41) is 0. The molecule has 1 aliphatic rings. The van der Waals surface area contributed by atoms with Gasteiger partial charge in [-0.25, -0.2) is 0 Å². The third-order valence-electron chi connectivity index (χ3n) is 3.41. The highest BCUT2D eigenvalue weighted by Gasteiger charge is 2.23. The predicted molar refractivity (Wildman–Crippen MR) is 76.4 cm³/mol. The van der Waals surface area contributed by atoms with Gasteiger partial charge in [0.25, 0.3) is 0 Å². The van der Waals surface area contributed by atoms with E-state index in [2.05, 4.69) is 6.92 Å². The molecule has 1 amide bonds. The number of unbranched alkanes of at least 4 members (excludes halogenated alkanes) is 1. The van der Waals surface area contributed by atoms with Gasteiger partial charge in [0.15, 0.2) is 0 Å². The van der Waals surface area contributed by atoms with E-state index in [0.717, 1.165) is 36.4 Å². The summed E-state index contributed by atoms with van der Waals surface area (Å²) in [5.41, 5.74) is 7.81. The molecule has 104 valence electrons. The summed E-state index contributed by atoms with van der Waals surface area (Å²) in [6, 6.07) is 5.83. The van der Waals surface area contributed by atoms with Crippen LogP contribution in [0.4, 0.5) is 5.69 Å². The highest BCUT2D eigenvalue weighted by molar-refractivity contribution is 5.95. The zero-order valence-corrected chi connectivity index (χ0v) is 11.7. The topological polar surface area (TPSA) is 55.6 Å².